The first-order chi connectivity index (χ1) is 14.3. The van der Waals surface area contributed by atoms with Gasteiger partial charge in [0.25, 0.3) is 0 Å². The van der Waals surface area contributed by atoms with Gasteiger partial charge in [0.05, 0.1) is 18.9 Å². The quantitative estimate of drug-likeness (QED) is 0.430. The number of hydrogen-bond acceptors (Lipinski definition) is 8. The van der Waals surface area contributed by atoms with Crippen molar-refractivity contribution in [1.29, 1.82) is 0 Å². The van der Waals surface area contributed by atoms with E-state index in [9.17, 15) is 13.5 Å². The van der Waals surface area contributed by atoms with E-state index in [0.29, 0.717) is 5.16 Å². The molecule has 0 fully saturated rings. The largest absolute Gasteiger partial charge is 0.394 e. The number of thioether (sulfide) groups is 1. The Balaban J connectivity index is 1.89. The van der Waals surface area contributed by atoms with Crippen molar-refractivity contribution in [2.24, 2.45) is 0 Å². The van der Waals surface area contributed by atoms with E-state index < -0.39 is 16.1 Å². The van der Waals surface area contributed by atoms with E-state index in [1.54, 1.807) is 0 Å². The van der Waals surface area contributed by atoms with Crippen molar-refractivity contribution in [1.82, 2.24) is 15.0 Å². The van der Waals surface area contributed by atoms with Crippen LogP contribution in [0.1, 0.15) is 29.3 Å². The van der Waals surface area contributed by atoms with Crippen molar-refractivity contribution in [3.63, 3.8) is 0 Å². The molecule has 0 amide bonds. The number of hydrogen-bond donors (Lipinski definition) is 3. The van der Waals surface area contributed by atoms with E-state index in [1.165, 1.54) is 11.8 Å². The van der Waals surface area contributed by atoms with Gasteiger partial charge in [-0.25, -0.2) is 8.42 Å². The van der Waals surface area contributed by atoms with Crippen LogP contribution in [-0.4, -0.2) is 41.3 Å². The van der Waals surface area contributed by atoms with Crippen LogP contribution in [-0.2, 0) is 10.0 Å². The van der Waals surface area contributed by atoms with Crippen molar-refractivity contribution < 1.29 is 13.5 Å². The maximum absolute atomic E-state index is 11.7. The van der Waals surface area contributed by atoms with Crippen molar-refractivity contribution in [2.75, 3.05) is 22.9 Å². The smallest absolute Gasteiger partial charge is 0.242 e. The zero-order valence-electron chi connectivity index (χ0n) is 16.6. The topological polar surface area (TPSA) is 117 Å². The average Bonchev–Trinajstić information content (AvgIpc) is 2.72. The lowest BCUT2D eigenvalue weighted by Gasteiger charge is -2.18. The molecule has 0 bridgehead atoms. The highest BCUT2D eigenvalue weighted by Crippen LogP contribution is 2.33. The molecular formula is C20H23N5O3S2. The van der Waals surface area contributed by atoms with E-state index in [0.717, 1.165) is 17.4 Å². The van der Waals surface area contributed by atoms with E-state index in [-0.39, 0.29) is 23.8 Å². The molecule has 0 saturated carbocycles. The third-order valence-corrected chi connectivity index (χ3v) is 5.70. The molecule has 0 aliphatic heterocycles. The predicted octanol–water partition coefficient (Wildman–Crippen LogP) is 3.24. The summed E-state index contributed by atoms with van der Waals surface area (Å²) in [5.41, 5.74) is 1.94. The third kappa shape index (κ3) is 6.41. The fourth-order valence-electron chi connectivity index (χ4n) is 2.71. The summed E-state index contributed by atoms with van der Waals surface area (Å²) in [6, 6.07) is 18.8. The van der Waals surface area contributed by atoms with Crippen molar-refractivity contribution in [2.45, 2.75) is 23.4 Å². The monoisotopic (exact) mass is 445 g/mol. The lowest BCUT2D eigenvalue weighted by atomic mass is 10.1. The number of nitrogens with one attached hydrogen (secondary N) is 2. The molecule has 1 heterocycles. The molecule has 0 spiro atoms. The van der Waals surface area contributed by atoms with Crippen LogP contribution in [0.3, 0.4) is 0 Å². The van der Waals surface area contributed by atoms with Gasteiger partial charge in [-0.3, -0.25) is 4.72 Å². The lowest BCUT2D eigenvalue weighted by molar-refractivity contribution is 0.276. The molecule has 3 N–H and O–H groups in total. The molecule has 0 radical (unpaired) electrons. The fourth-order valence-corrected chi connectivity index (χ4v) is 4.02. The van der Waals surface area contributed by atoms with E-state index in [2.05, 4.69) is 25.0 Å². The second-order valence-corrected chi connectivity index (χ2v) is 9.66. The summed E-state index contributed by atoms with van der Waals surface area (Å²) < 4.78 is 25.7. The SMILES string of the molecule is CC(Sc1nc(N[C@@H](CO)c2ccccc2)nc(NS(C)(=O)=O)n1)c1ccccc1. The Kier molecular flexibility index (Phi) is 7.24. The Bertz CT molecular complexity index is 1070. The number of aliphatic hydroxyl groups excluding tert-OH is 1. The number of anilines is 2. The predicted molar refractivity (Wildman–Crippen MR) is 119 cm³/mol. The van der Waals surface area contributed by atoms with Crippen LogP contribution in [0, 0.1) is 0 Å². The van der Waals surface area contributed by atoms with Crippen LogP contribution in [0.5, 0.6) is 0 Å². The molecular weight excluding hydrogens is 422 g/mol. The number of benzene rings is 2. The second-order valence-electron chi connectivity index (χ2n) is 6.60. The van der Waals surface area contributed by atoms with Crippen molar-refractivity contribution in [3.8, 4) is 0 Å². The number of rotatable bonds is 9. The summed E-state index contributed by atoms with van der Waals surface area (Å²) in [4.78, 5) is 12.8. The molecule has 2 atom stereocenters. The minimum absolute atomic E-state index is 0.0373. The first-order valence-corrected chi connectivity index (χ1v) is 12.0. The highest BCUT2D eigenvalue weighted by molar-refractivity contribution is 7.99. The Morgan fingerprint density at radius 3 is 2.07 bits per heavy atom. The third-order valence-electron chi connectivity index (χ3n) is 4.13. The zero-order valence-corrected chi connectivity index (χ0v) is 18.2. The fraction of sp³-hybridized carbons (Fsp3) is 0.250. The number of sulfonamides is 1. The van der Waals surface area contributed by atoms with Crippen molar-refractivity contribution in [3.05, 3.63) is 71.8 Å². The van der Waals surface area contributed by atoms with E-state index >= 15 is 0 Å². The van der Waals surface area contributed by atoms with E-state index in [1.807, 2.05) is 67.6 Å². The molecule has 10 heteroatoms. The summed E-state index contributed by atoms with van der Waals surface area (Å²) in [6.07, 6.45) is 1.03. The van der Waals surface area contributed by atoms with Crippen LogP contribution >= 0.6 is 11.8 Å². The maximum Gasteiger partial charge on any atom is 0.242 e. The Hall–Kier alpha value is -2.69. The van der Waals surface area contributed by atoms with Gasteiger partial charge in [0, 0.05) is 5.25 Å². The van der Waals surface area contributed by atoms with E-state index in [4.69, 9.17) is 0 Å². The molecule has 158 valence electrons. The van der Waals surface area contributed by atoms with Gasteiger partial charge in [0.2, 0.25) is 21.9 Å². The van der Waals surface area contributed by atoms with Crippen LogP contribution in [0.25, 0.3) is 0 Å². The molecule has 8 nitrogen and oxygen atoms in total. The highest BCUT2D eigenvalue weighted by atomic mass is 32.2. The number of aliphatic hydroxyl groups is 1. The van der Waals surface area contributed by atoms with Gasteiger partial charge in [-0.15, -0.1) is 0 Å². The summed E-state index contributed by atoms with van der Waals surface area (Å²) in [7, 11) is -3.57. The maximum atomic E-state index is 11.7. The van der Waals surface area contributed by atoms with Gasteiger partial charge in [-0.2, -0.15) is 15.0 Å². The minimum Gasteiger partial charge on any atom is -0.394 e. The number of aromatic nitrogens is 3. The summed E-state index contributed by atoms with van der Waals surface area (Å²) in [5, 5.41) is 13.3. The molecule has 0 aliphatic carbocycles. The molecule has 3 aromatic rings. The second kappa shape index (κ2) is 9.88. The van der Waals surface area contributed by atoms with Crippen LogP contribution in [0.4, 0.5) is 11.9 Å². The van der Waals surface area contributed by atoms with Gasteiger partial charge < -0.3 is 10.4 Å². The summed E-state index contributed by atoms with van der Waals surface area (Å²) in [6.45, 7) is 1.83. The zero-order chi connectivity index (χ0) is 21.6. The van der Waals surface area contributed by atoms with Gasteiger partial charge in [-0.1, -0.05) is 72.4 Å². The molecule has 2 aromatic carbocycles. The van der Waals surface area contributed by atoms with Crippen LogP contribution < -0.4 is 10.0 Å². The molecule has 1 aromatic heterocycles. The molecule has 30 heavy (non-hydrogen) atoms. The van der Waals surface area contributed by atoms with Crippen molar-refractivity contribution >= 4 is 33.7 Å². The number of nitrogens with zero attached hydrogens (tertiary/aromatic N) is 3. The lowest BCUT2D eigenvalue weighted by Crippen LogP contribution is -2.19. The Morgan fingerprint density at radius 1 is 0.933 bits per heavy atom. The summed E-state index contributed by atoms with van der Waals surface area (Å²) >= 11 is 1.38. The van der Waals surface area contributed by atoms with Gasteiger partial charge in [-0.05, 0) is 18.1 Å². The normalized spacial score (nSPS) is 13.4. The average molecular weight is 446 g/mol. The van der Waals surface area contributed by atoms with Gasteiger partial charge in [0.15, 0.2) is 5.16 Å². The van der Waals surface area contributed by atoms with Crippen LogP contribution in [0.15, 0.2) is 65.8 Å². The molecule has 0 saturated heterocycles. The first-order valence-electron chi connectivity index (χ1n) is 9.22. The highest BCUT2D eigenvalue weighted by Gasteiger charge is 2.17. The molecule has 0 aliphatic rings. The molecule has 1 unspecified atom stereocenters. The Morgan fingerprint density at radius 2 is 1.50 bits per heavy atom. The standard InChI is InChI=1S/C20H23N5O3S2/c1-14(15-9-5-3-6-10-15)29-20-23-18(22-19(24-20)25-30(2,27)28)21-17(13-26)16-11-7-4-8-12-16/h3-12,14,17,26H,13H2,1-2H3,(H2,21,22,23,24,25)/t14?,17-/m0/s1. The van der Waals surface area contributed by atoms with Crippen LogP contribution in [0.2, 0.25) is 0 Å². The summed E-state index contributed by atoms with van der Waals surface area (Å²) in [5.74, 6) is 0.0873. The first kappa shape index (κ1) is 22.0. The molecule has 3 rings (SSSR count). The van der Waals surface area contributed by atoms with Gasteiger partial charge in [0.1, 0.15) is 0 Å². The Labute approximate surface area is 180 Å². The van der Waals surface area contributed by atoms with Gasteiger partial charge >= 0.3 is 0 Å². The minimum atomic E-state index is -3.57.